The van der Waals surface area contributed by atoms with E-state index in [4.69, 9.17) is 10.5 Å². The Morgan fingerprint density at radius 1 is 1.32 bits per heavy atom. The molecule has 1 aromatic rings. The van der Waals surface area contributed by atoms with Gasteiger partial charge in [-0.2, -0.15) is 4.98 Å². The van der Waals surface area contributed by atoms with Crippen molar-refractivity contribution in [3.8, 4) is 5.88 Å². The average Bonchev–Trinajstić information content (AvgIpc) is 2.38. The third kappa shape index (κ3) is 3.58. The minimum Gasteiger partial charge on any atom is -0.474 e. The zero-order chi connectivity index (χ0) is 13.8. The summed E-state index contributed by atoms with van der Waals surface area (Å²) in [6.07, 6.45) is 6.41. The Kier molecular flexibility index (Phi) is 4.61. The number of anilines is 1. The van der Waals surface area contributed by atoms with E-state index in [-0.39, 0.29) is 12.0 Å². The van der Waals surface area contributed by atoms with E-state index >= 15 is 0 Å². The molecule has 1 aliphatic rings. The molecule has 19 heavy (non-hydrogen) atoms. The van der Waals surface area contributed by atoms with Crippen LogP contribution in [0.15, 0.2) is 6.07 Å². The van der Waals surface area contributed by atoms with E-state index in [0.717, 1.165) is 12.2 Å². The van der Waals surface area contributed by atoms with Crippen molar-refractivity contribution >= 4 is 5.82 Å². The van der Waals surface area contributed by atoms with Crippen LogP contribution in [0.5, 0.6) is 5.88 Å². The van der Waals surface area contributed by atoms with Gasteiger partial charge in [0.15, 0.2) is 0 Å². The molecule has 2 unspecified atom stereocenters. The van der Waals surface area contributed by atoms with Crippen LogP contribution in [-0.4, -0.2) is 16.1 Å². The van der Waals surface area contributed by atoms with Crippen LogP contribution >= 0.6 is 0 Å². The first-order chi connectivity index (χ1) is 9.10. The molecule has 0 radical (unpaired) electrons. The lowest BCUT2D eigenvalue weighted by molar-refractivity contribution is 0.0855. The Labute approximate surface area is 115 Å². The summed E-state index contributed by atoms with van der Waals surface area (Å²) in [4.78, 5) is 8.73. The first kappa shape index (κ1) is 14.1. The Bertz CT molecular complexity index is 420. The minimum absolute atomic E-state index is 0.263. The van der Waals surface area contributed by atoms with E-state index < -0.39 is 0 Å². The van der Waals surface area contributed by atoms with Crippen LogP contribution in [0.25, 0.3) is 0 Å². The quantitative estimate of drug-likeness (QED) is 0.902. The van der Waals surface area contributed by atoms with E-state index in [1.165, 1.54) is 25.7 Å². The molecule has 2 atom stereocenters. The number of nitrogens with zero attached hydrogens (tertiary/aromatic N) is 2. The highest BCUT2D eigenvalue weighted by Gasteiger charge is 2.26. The smallest absolute Gasteiger partial charge is 0.219 e. The van der Waals surface area contributed by atoms with Gasteiger partial charge in [-0.05, 0) is 31.6 Å². The predicted octanol–water partition coefficient (Wildman–Crippen LogP) is 3.53. The summed E-state index contributed by atoms with van der Waals surface area (Å²) in [7, 11) is 0. The maximum absolute atomic E-state index is 6.10. The maximum atomic E-state index is 6.10. The van der Waals surface area contributed by atoms with Crippen LogP contribution in [0.2, 0.25) is 0 Å². The van der Waals surface area contributed by atoms with Gasteiger partial charge in [-0.3, -0.25) is 0 Å². The molecule has 4 nitrogen and oxygen atoms in total. The molecule has 0 aromatic carbocycles. The highest BCUT2D eigenvalue weighted by Crippen LogP contribution is 2.30. The largest absolute Gasteiger partial charge is 0.474 e. The predicted molar refractivity (Wildman–Crippen MR) is 77.2 cm³/mol. The van der Waals surface area contributed by atoms with E-state index in [0.29, 0.717) is 17.6 Å². The molecule has 1 fully saturated rings. The van der Waals surface area contributed by atoms with Gasteiger partial charge in [0.2, 0.25) is 5.88 Å². The standard InChI is InChI=1S/C15H25N3O/c1-4-11-7-5-6-8-12(11)19-14-9-13(16)17-15(18-14)10(2)3/h9-12H,4-8H2,1-3H3,(H2,16,17,18). The lowest BCUT2D eigenvalue weighted by Crippen LogP contribution is -2.30. The third-order valence-corrected chi connectivity index (χ3v) is 3.89. The fourth-order valence-electron chi connectivity index (χ4n) is 2.73. The van der Waals surface area contributed by atoms with Crippen molar-refractivity contribution in [3.05, 3.63) is 11.9 Å². The third-order valence-electron chi connectivity index (χ3n) is 3.89. The summed E-state index contributed by atoms with van der Waals surface area (Å²) in [5, 5.41) is 0. The number of ether oxygens (including phenoxy) is 1. The average molecular weight is 263 g/mol. The Hall–Kier alpha value is -1.32. The molecule has 1 heterocycles. The van der Waals surface area contributed by atoms with Gasteiger partial charge < -0.3 is 10.5 Å². The first-order valence-electron chi connectivity index (χ1n) is 7.41. The molecule has 4 heteroatoms. The van der Waals surface area contributed by atoms with Gasteiger partial charge in [0.1, 0.15) is 17.7 Å². The van der Waals surface area contributed by atoms with Crippen LogP contribution < -0.4 is 10.5 Å². The molecule has 0 amide bonds. The van der Waals surface area contributed by atoms with Crippen molar-refractivity contribution in [3.63, 3.8) is 0 Å². The molecule has 0 saturated heterocycles. The Morgan fingerprint density at radius 2 is 2.05 bits per heavy atom. The Balaban J connectivity index is 2.13. The summed E-state index contributed by atoms with van der Waals surface area (Å²) in [6.45, 7) is 6.36. The summed E-state index contributed by atoms with van der Waals surface area (Å²) in [5.41, 5.74) is 5.84. The van der Waals surface area contributed by atoms with Crippen molar-refractivity contribution in [2.24, 2.45) is 5.92 Å². The van der Waals surface area contributed by atoms with Gasteiger partial charge in [-0.15, -0.1) is 0 Å². The molecule has 1 aliphatic carbocycles. The molecule has 0 bridgehead atoms. The molecule has 2 N–H and O–H groups in total. The second-order valence-electron chi connectivity index (χ2n) is 5.75. The number of hydrogen-bond donors (Lipinski definition) is 1. The van der Waals surface area contributed by atoms with Gasteiger partial charge in [-0.25, -0.2) is 4.98 Å². The van der Waals surface area contributed by atoms with Crippen LogP contribution in [-0.2, 0) is 0 Å². The first-order valence-corrected chi connectivity index (χ1v) is 7.41. The van der Waals surface area contributed by atoms with Crippen molar-refractivity contribution in [2.75, 3.05) is 5.73 Å². The van der Waals surface area contributed by atoms with E-state index in [9.17, 15) is 0 Å². The zero-order valence-electron chi connectivity index (χ0n) is 12.2. The fourth-order valence-corrected chi connectivity index (χ4v) is 2.73. The highest BCUT2D eigenvalue weighted by atomic mass is 16.5. The van der Waals surface area contributed by atoms with Gasteiger partial charge >= 0.3 is 0 Å². The van der Waals surface area contributed by atoms with E-state index in [2.05, 4.69) is 30.7 Å². The minimum atomic E-state index is 0.263. The second kappa shape index (κ2) is 6.22. The second-order valence-corrected chi connectivity index (χ2v) is 5.75. The molecule has 1 aromatic heterocycles. The van der Waals surface area contributed by atoms with Crippen LogP contribution in [0.1, 0.15) is 64.6 Å². The molecule has 2 rings (SSSR count). The summed E-state index contributed by atoms with van der Waals surface area (Å²) in [6, 6.07) is 1.74. The molecular formula is C15H25N3O. The SMILES string of the molecule is CCC1CCCCC1Oc1cc(N)nc(C(C)C)n1. The van der Waals surface area contributed by atoms with Crippen LogP contribution in [0, 0.1) is 5.92 Å². The molecule has 0 aliphatic heterocycles. The van der Waals surface area contributed by atoms with Gasteiger partial charge in [-0.1, -0.05) is 27.2 Å². The zero-order valence-corrected chi connectivity index (χ0v) is 12.2. The molecule has 1 saturated carbocycles. The number of hydrogen-bond acceptors (Lipinski definition) is 4. The number of rotatable bonds is 4. The van der Waals surface area contributed by atoms with E-state index in [1.54, 1.807) is 6.07 Å². The lowest BCUT2D eigenvalue weighted by atomic mass is 9.85. The monoisotopic (exact) mass is 263 g/mol. The lowest BCUT2D eigenvalue weighted by Gasteiger charge is -2.30. The normalized spacial score (nSPS) is 23.6. The van der Waals surface area contributed by atoms with Gasteiger partial charge in [0.05, 0.1) is 0 Å². The molecular weight excluding hydrogens is 238 g/mol. The van der Waals surface area contributed by atoms with E-state index in [1.807, 2.05) is 0 Å². The van der Waals surface area contributed by atoms with Crippen molar-refractivity contribution in [1.82, 2.24) is 9.97 Å². The number of nitrogen functional groups attached to an aromatic ring is 1. The van der Waals surface area contributed by atoms with Crippen molar-refractivity contribution < 1.29 is 4.74 Å². The summed E-state index contributed by atoms with van der Waals surface area (Å²) in [5.74, 6) is 2.81. The van der Waals surface area contributed by atoms with Crippen molar-refractivity contribution in [1.29, 1.82) is 0 Å². The molecule has 106 valence electrons. The fraction of sp³-hybridized carbons (Fsp3) is 0.733. The number of nitrogens with two attached hydrogens (primary N) is 1. The van der Waals surface area contributed by atoms with Crippen molar-refractivity contribution in [2.45, 2.75) is 64.9 Å². The molecule has 0 spiro atoms. The van der Waals surface area contributed by atoms with Gasteiger partial charge in [0, 0.05) is 12.0 Å². The topological polar surface area (TPSA) is 61.0 Å². The van der Waals surface area contributed by atoms with Crippen LogP contribution in [0.4, 0.5) is 5.82 Å². The summed E-state index contributed by atoms with van der Waals surface area (Å²) < 4.78 is 6.10. The summed E-state index contributed by atoms with van der Waals surface area (Å²) >= 11 is 0. The number of aromatic nitrogens is 2. The Morgan fingerprint density at radius 3 is 2.74 bits per heavy atom. The van der Waals surface area contributed by atoms with Crippen LogP contribution in [0.3, 0.4) is 0 Å². The maximum Gasteiger partial charge on any atom is 0.219 e. The van der Waals surface area contributed by atoms with Gasteiger partial charge in [0.25, 0.3) is 0 Å². The highest BCUT2D eigenvalue weighted by molar-refractivity contribution is 5.33.